The molecule has 1 fully saturated rings. The average Bonchev–Trinajstić information content (AvgIpc) is 2.61. The van der Waals surface area contributed by atoms with E-state index in [4.69, 9.17) is 0 Å². The number of hydrazone groups is 1. The van der Waals surface area contributed by atoms with Crippen molar-refractivity contribution in [2.45, 2.75) is 13.1 Å². The molecule has 0 N–H and O–H groups in total. The Kier molecular flexibility index (Phi) is 4.97. The fraction of sp³-hybridized carbons (Fsp3) is 0.316. The summed E-state index contributed by atoms with van der Waals surface area (Å²) < 4.78 is 39.0. The van der Waals surface area contributed by atoms with Crippen molar-refractivity contribution in [2.75, 3.05) is 31.1 Å². The van der Waals surface area contributed by atoms with E-state index in [1.54, 1.807) is 6.07 Å². The Morgan fingerprint density at radius 3 is 2.20 bits per heavy atom. The molecule has 2 aromatic rings. The number of halogens is 3. The summed E-state index contributed by atoms with van der Waals surface area (Å²) in [6, 6.07) is 13.8. The van der Waals surface area contributed by atoms with E-state index in [0.717, 1.165) is 24.8 Å². The first-order chi connectivity index (χ1) is 11.9. The molecule has 0 aliphatic carbocycles. The van der Waals surface area contributed by atoms with Crippen molar-refractivity contribution in [2.24, 2.45) is 5.10 Å². The van der Waals surface area contributed by atoms with Crippen LogP contribution in [0.2, 0.25) is 0 Å². The number of nitrogens with zero attached hydrogens (tertiary/aromatic N) is 3. The van der Waals surface area contributed by atoms with Gasteiger partial charge in [-0.3, -0.25) is 5.01 Å². The van der Waals surface area contributed by atoms with Gasteiger partial charge in [0, 0.05) is 24.3 Å². The van der Waals surface area contributed by atoms with Crippen LogP contribution in [0.15, 0.2) is 53.6 Å². The summed E-state index contributed by atoms with van der Waals surface area (Å²) in [5.41, 5.74) is 1.82. The molecule has 1 heterocycles. The molecule has 0 saturated carbocycles. The zero-order chi connectivity index (χ0) is 17.9. The second kappa shape index (κ2) is 7.17. The van der Waals surface area contributed by atoms with Gasteiger partial charge >= 0.3 is 6.18 Å². The summed E-state index contributed by atoms with van der Waals surface area (Å²) in [7, 11) is 0. The largest absolute Gasteiger partial charge is 0.417 e. The van der Waals surface area contributed by atoms with Crippen molar-refractivity contribution in [3.63, 3.8) is 0 Å². The van der Waals surface area contributed by atoms with Crippen molar-refractivity contribution in [1.29, 1.82) is 0 Å². The van der Waals surface area contributed by atoms with Crippen LogP contribution in [0.5, 0.6) is 0 Å². The van der Waals surface area contributed by atoms with E-state index in [0.29, 0.717) is 13.1 Å². The van der Waals surface area contributed by atoms with Crippen molar-refractivity contribution in [3.05, 3.63) is 65.2 Å². The molecule has 1 saturated heterocycles. The molecule has 2 aromatic carbocycles. The van der Waals surface area contributed by atoms with Gasteiger partial charge < -0.3 is 4.90 Å². The maximum Gasteiger partial charge on any atom is 0.417 e. The number of alkyl halides is 3. The van der Waals surface area contributed by atoms with Gasteiger partial charge in [-0.05, 0) is 25.1 Å². The number of anilines is 1. The van der Waals surface area contributed by atoms with Gasteiger partial charge in [0.05, 0.1) is 24.9 Å². The summed E-state index contributed by atoms with van der Waals surface area (Å²) in [4.78, 5) is 2.26. The van der Waals surface area contributed by atoms with E-state index in [9.17, 15) is 13.2 Å². The Morgan fingerprint density at radius 1 is 0.920 bits per heavy atom. The van der Waals surface area contributed by atoms with Crippen LogP contribution in [0.4, 0.5) is 18.9 Å². The molecule has 1 aliphatic rings. The van der Waals surface area contributed by atoms with Gasteiger partial charge in [0.15, 0.2) is 0 Å². The van der Waals surface area contributed by atoms with Gasteiger partial charge in [-0.2, -0.15) is 18.3 Å². The summed E-state index contributed by atoms with van der Waals surface area (Å²) in [5, 5.41) is 6.07. The lowest BCUT2D eigenvalue weighted by Crippen LogP contribution is -2.44. The molecule has 1 aliphatic heterocycles. The van der Waals surface area contributed by atoms with Crippen LogP contribution in [-0.4, -0.2) is 37.4 Å². The third kappa shape index (κ3) is 4.32. The smallest absolute Gasteiger partial charge is 0.368 e. The van der Waals surface area contributed by atoms with Gasteiger partial charge in [0.2, 0.25) is 0 Å². The maximum atomic E-state index is 13.0. The SMILES string of the molecule is Cc1ccc(N2CCN(N=Cc3ccccc3C(F)(F)F)CC2)cc1. The van der Waals surface area contributed by atoms with E-state index in [-0.39, 0.29) is 5.56 Å². The number of benzene rings is 2. The van der Waals surface area contributed by atoms with Crippen molar-refractivity contribution in [1.82, 2.24) is 5.01 Å². The number of aryl methyl sites for hydroxylation is 1. The lowest BCUT2D eigenvalue weighted by molar-refractivity contribution is -0.137. The molecule has 0 radical (unpaired) electrons. The van der Waals surface area contributed by atoms with Crippen molar-refractivity contribution < 1.29 is 13.2 Å². The van der Waals surface area contributed by atoms with Crippen molar-refractivity contribution in [3.8, 4) is 0 Å². The summed E-state index contributed by atoms with van der Waals surface area (Å²) in [5.74, 6) is 0. The zero-order valence-electron chi connectivity index (χ0n) is 14.0. The van der Waals surface area contributed by atoms with Crippen LogP contribution >= 0.6 is 0 Å². The summed E-state index contributed by atoms with van der Waals surface area (Å²) in [6.07, 6.45) is -3.06. The van der Waals surface area contributed by atoms with E-state index in [2.05, 4.69) is 41.2 Å². The van der Waals surface area contributed by atoms with Crippen LogP contribution in [0.1, 0.15) is 16.7 Å². The second-order valence-corrected chi connectivity index (χ2v) is 6.11. The maximum absolute atomic E-state index is 13.0. The molecule has 0 amide bonds. The van der Waals surface area contributed by atoms with Gasteiger partial charge in [-0.25, -0.2) is 0 Å². The first-order valence-corrected chi connectivity index (χ1v) is 8.20. The Morgan fingerprint density at radius 2 is 1.56 bits per heavy atom. The number of hydrogen-bond acceptors (Lipinski definition) is 3. The summed E-state index contributed by atoms with van der Waals surface area (Å²) in [6.45, 7) is 5.00. The highest BCUT2D eigenvalue weighted by Gasteiger charge is 2.32. The molecule has 0 spiro atoms. The third-order valence-electron chi connectivity index (χ3n) is 4.28. The highest BCUT2D eigenvalue weighted by Crippen LogP contribution is 2.31. The quantitative estimate of drug-likeness (QED) is 0.776. The first-order valence-electron chi connectivity index (χ1n) is 8.20. The zero-order valence-corrected chi connectivity index (χ0v) is 14.0. The minimum atomic E-state index is -4.37. The van der Waals surface area contributed by atoms with E-state index in [1.807, 2.05) is 5.01 Å². The highest BCUT2D eigenvalue weighted by atomic mass is 19.4. The number of piperazine rings is 1. The monoisotopic (exact) mass is 347 g/mol. The lowest BCUT2D eigenvalue weighted by Gasteiger charge is -2.34. The van der Waals surface area contributed by atoms with Crippen LogP contribution in [0.3, 0.4) is 0 Å². The van der Waals surface area contributed by atoms with Gasteiger partial charge in [-0.15, -0.1) is 0 Å². The Balaban J connectivity index is 1.63. The second-order valence-electron chi connectivity index (χ2n) is 6.11. The third-order valence-corrected chi connectivity index (χ3v) is 4.28. The molecular formula is C19H20F3N3. The first kappa shape index (κ1) is 17.3. The van der Waals surface area contributed by atoms with Crippen LogP contribution in [-0.2, 0) is 6.18 Å². The molecule has 0 bridgehead atoms. The molecule has 132 valence electrons. The van der Waals surface area contributed by atoms with Crippen LogP contribution < -0.4 is 4.90 Å². The molecule has 3 rings (SSSR count). The Hall–Kier alpha value is -2.50. The van der Waals surface area contributed by atoms with Crippen LogP contribution in [0, 0.1) is 6.92 Å². The highest BCUT2D eigenvalue weighted by molar-refractivity contribution is 5.81. The average molecular weight is 347 g/mol. The molecular weight excluding hydrogens is 327 g/mol. The Bertz CT molecular complexity index is 730. The molecule has 0 unspecified atom stereocenters. The van der Waals surface area contributed by atoms with E-state index >= 15 is 0 Å². The van der Waals surface area contributed by atoms with Crippen LogP contribution in [0.25, 0.3) is 0 Å². The number of hydrogen-bond donors (Lipinski definition) is 0. The predicted molar refractivity (Wildman–Crippen MR) is 94.0 cm³/mol. The molecule has 6 heteroatoms. The minimum Gasteiger partial charge on any atom is -0.368 e. The fourth-order valence-electron chi connectivity index (χ4n) is 2.84. The molecule has 3 nitrogen and oxygen atoms in total. The van der Waals surface area contributed by atoms with Gasteiger partial charge in [0.1, 0.15) is 0 Å². The van der Waals surface area contributed by atoms with Gasteiger partial charge in [-0.1, -0.05) is 35.9 Å². The van der Waals surface area contributed by atoms with E-state index in [1.165, 1.54) is 23.9 Å². The molecule has 0 aromatic heterocycles. The minimum absolute atomic E-state index is 0.0935. The topological polar surface area (TPSA) is 18.8 Å². The van der Waals surface area contributed by atoms with Gasteiger partial charge in [0.25, 0.3) is 0 Å². The molecule has 25 heavy (non-hydrogen) atoms. The number of rotatable bonds is 3. The fourth-order valence-corrected chi connectivity index (χ4v) is 2.84. The van der Waals surface area contributed by atoms with E-state index < -0.39 is 11.7 Å². The standard InChI is InChI=1S/C19H20F3N3/c1-15-6-8-17(9-7-15)24-10-12-25(13-11-24)23-14-16-4-2-3-5-18(16)19(20,21)22/h2-9,14H,10-13H2,1H3. The van der Waals surface area contributed by atoms with Crippen molar-refractivity contribution >= 4 is 11.9 Å². The predicted octanol–water partition coefficient (Wildman–Crippen LogP) is 4.17. The summed E-state index contributed by atoms with van der Waals surface area (Å²) >= 11 is 0. The molecule has 0 atom stereocenters. The normalized spacial score (nSPS) is 15.8. The Labute approximate surface area is 145 Å². The lowest BCUT2D eigenvalue weighted by atomic mass is 10.1.